The molecule has 0 amide bonds. The van der Waals surface area contributed by atoms with Crippen LogP contribution in [0.15, 0.2) is 88.7 Å². The minimum Gasteiger partial charge on any atom is -0.350 e. The van der Waals surface area contributed by atoms with E-state index in [1.807, 2.05) is 0 Å². The first-order valence-electron chi connectivity index (χ1n) is 9.22. The zero-order valence-corrected chi connectivity index (χ0v) is 16.2. The molecular formula is C23H24NOP. The largest absolute Gasteiger partial charge is 0.350 e. The molecule has 1 heterocycles. The van der Waals surface area contributed by atoms with E-state index in [-0.39, 0.29) is 6.23 Å². The number of aliphatic imine (C=N–C) groups is 1. The van der Waals surface area contributed by atoms with Crippen molar-refractivity contribution in [2.45, 2.75) is 26.5 Å². The van der Waals surface area contributed by atoms with Crippen molar-refractivity contribution in [1.29, 1.82) is 0 Å². The monoisotopic (exact) mass is 361 g/mol. The molecular weight excluding hydrogens is 337 g/mol. The molecule has 4 rings (SSSR count). The van der Waals surface area contributed by atoms with Crippen molar-refractivity contribution in [3.63, 3.8) is 0 Å². The fourth-order valence-corrected chi connectivity index (χ4v) is 6.06. The molecule has 1 aliphatic carbocycles. The van der Waals surface area contributed by atoms with E-state index in [4.69, 9.17) is 9.73 Å². The standard InChI is InChI=1S/C23H24NOP/c1-17(2)23-24-21(16-25-23)20-14-9-15-22(20)26(18-10-5-3-6-11-18)19-12-7-4-8-13-19/h3-14,17,23H,15-16H2,1-2H3. The lowest BCUT2D eigenvalue weighted by Gasteiger charge is -2.22. The van der Waals surface area contributed by atoms with Crippen molar-refractivity contribution < 1.29 is 4.74 Å². The lowest BCUT2D eigenvalue weighted by atomic mass is 10.2. The van der Waals surface area contributed by atoms with E-state index in [0.717, 1.165) is 12.1 Å². The van der Waals surface area contributed by atoms with Crippen molar-refractivity contribution in [3.05, 3.63) is 83.7 Å². The van der Waals surface area contributed by atoms with Crippen molar-refractivity contribution in [2.75, 3.05) is 6.61 Å². The highest BCUT2D eigenvalue weighted by molar-refractivity contribution is 7.76. The molecule has 1 atom stereocenters. The molecule has 1 aliphatic heterocycles. The van der Waals surface area contributed by atoms with E-state index in [0.29, 0.717) is 12.5 Å². The lowest BCUT2D eigenvalue weighted by molar-refractivity contribution is 0.0730. The number of hydrogen-bond donors (Lipinski definition) is 0. The summed E-state index contributed by atoms with van der Waals surface area (Å²) in [5, 5.41) is 4.28. The second-order valence-corrected chi connectivity index (χ2v) is 9.24. The summed E-state index contributed by atoms with van der Waals surface area (Å²) in [7, 11) is -0.556. The third kappa shape index (κ3) is 3.45. The number of benzene rings is 2. The van der Waals surface area contributed by atoms with Crippen LogP contribution >= 0.6 is 7.92 Å². The Morgan fingerprint density at radius 1 is 0.962 bits per heavy atom. The maximum atomic E-state index is 5.91. The van der Waals surface area contributed by atoms with Gasteiger partial charge in [0.05, 0.1) is 12.3 Å². The number of hydrogen-bond acceptors (Lipinski definition) is 2. The SMILES string of the molecule is CC(C)C1N=C(C2=C(P(c3ccccc3)c3ccccc3)CC=C2)CO1. The predicted octanol–water partition coefficient (Wildman–Crippen LogP) is 4.79. The molecule has 0 bridgehead atoms. The van der Waals surface area contributed by atoms with Crippen LogP contribution in [-0.4, -0.2) is 18.5 Å². The maximum absolute atomic E-state index is 5.91. The molecule has 0 radical (unpaired) electrons. The summed E-state index contributed by atoms with van der Waals surface area (Å²) in [5.74, 6) is 0.409. The zero-order valence-electron chi connectivity index (χ0n) is 15.3. The molecule has 0 aromatic heterocycles. The van der Waals surface area contributed by atoms with Crippen LogP contribution in [0.5, 0.6) is 0 Å². The van der Waals surface area contributed by atoms with Crippen LogP contribution in [0.3, 0.4) is 0 Å². The Kier molecular flexibility index (Phi) is 5.15. The summed E-state index contributed by atoms with van der Waals surface area (Å²) in [5.41, 5.74) is 2.42. The molecule has 0 saturated heterocycles. The summed E-state index contributed by atoms with van der Waals surface area (Å²) in [6.07, 6.45) is 5.52. The molecule has 0 fully saturated rings. The third-order valence-corrected chi connectivity index (χ3v) is 7.35. The lowest BCUT2D eigenvalue weighted by Crippen LogP contribution is -2.15. The van der Waals surface area contributed by atoms with E-state index in [9.17, 15) is 0 Å². The second kappa shape index (κ2) is 7.70. The highest BCUT2D eigenvalue weighted by atomic mass is 31.1. The van der Waals surface area contributed by atoms with Gasteiger partial charge in [-0.2, -0.15) is 0 Å². The van der Waals surface area contributed by atoms with Gasteiger partial charge < -0.3 is 4.74 Å². The van der Waals surface area contributed by atoms with E-state index < -0.39 is 7.92 Å². The smallest absolute Gasteiger partial charge is 0.151 e. The summed E-state index contributed by atoms with van der Waals surface area (Å²) < 4.78 is 5.91. The molecule has 26 heavy (non-hydrogen) atoms. The predicted molar refractivity (Wildman–Crippen MR) is 112 cm³/mol. The number of rotatable bonds is 5. The number of nitrogens with zero attached hydrogens (tertiary/aromatic N) is 1. The molecule has 1 unspecified atom stereocenters. The van der Waals surface area contributed by atoms with Crippen molar-refractivity contribution >= 4 is 24.2 Å². The van der Waals surface area contributed by atoms with Crippen LogP contribution in [0.25, 0.3) is 0 Å². The first-order chi connectivity index (χ1) is 12.7. The van der Waals surface area contributed by atoms with Gasteiger partial charge in [0.15, 0.2) is 6.23 Å². The third-order valence-electron chi connectivity index (χ3n) is 4.76. The van der Waals surface area contributed by atoms with Gasteiger partial charge in [-0.3, -0.25) is 4.99 Å². The van der Waals surface area contributed by atoms with Gasteiger partial charge in [-0.1, -0.05) is 86.7 Å². The number of allylic oxidation sites excluding steroid dienone is 3. The summed E-state index contributed by atoms with van der Waals surface area (Å²) in [6, 6.07) is 21.8. The molecule has 0 N–H and O–H groups in total. The molecule has 3 heteroatoms. The molecule has 2 nitrogen and oxygen atoms in total. The maximum Gasteiger partial charge on any atom is 0.151 e. The van der Waals surface area contributed by atoms with Crippen LogP contribution in [0.4, 0.5) is 0 Å². The van der Waals surface area contributed by atoms with E-state index >= 15 is 0 Å². The Bertz CT molecular complexity index is 813. The highest BCUT2D eigenvalue weighted by Crippen LogP contribution is 2.49. The molecule has 2 aromatic rings. The fraction of sp³-hybridized carbons (Fsp3) is 0.261. The van der Waals surface area contributed by atoms with Crippen molar-refractivity contribution in [2.24, 2.45) is 10.9 Å². The summed E-state index contributed by atoms with van der Waals surface area (Å²) in [6.45, 7) is 4.95. The fourth-order valence-electron chi connectivity index (χ4n) is 3.47. The van der Waals surface area contributed by atoms with Crippen molar-refractivity contribution in [3.8, 4) is 0 Å². The highest BCUT2D eigenvalue weighted by Gasteiger charge is 2.29. The van der Waals surface area contributed by atoms with Gasteiger partial charge in [0.1, 0.15) is 0 Å². The quantitative estimate of drug-likeness (QED) is 0.702. The van der Waals surface area contributed by atoms with E-state index in [1.165, 1.54) is 21.5 Å². The van der Waals surface area contributed by atoms with Gasteiger partial charge in [-0.15, -0.1) is 0 Å². The van der Waals surface area contributed by atoms with Crippen molar-refractivity contribution in [1.82, 2.24) is 0 Å². The van der Waals surface area contributed by atoms with E-state index in [2.05, 4.69) is 86.7 Å². The Hall–Kier alpha value is -2.02. The normalized spacial score (nSPS) is 19.7. The first-order valence-corrected chi connectivity index (χ1v) is 10.6. The first kappa shape index (κ1) is 17.4. The molecule has 0 spiro atoms. The molecule has 0 saturated carbocycles. The summed E-state index contributed by atoms with van der Waals surface area (Å²) >= 11 is 0. The second-order valence-electron chi connectivity index (χ2n) is 6.99. The Balaban J connectivity index is 1.79. The minimum atomic E-state index is -0.556. The zero-order chi connectivity index (χ0) is 17.9. The van der Waals surface area contributed by atoms with Gasteiger partial charge >= 0.3 is 0 Å². The average molecular weight is 361 g/mol. The van der Waals surface area contributed by atoms with Crippen LogP contribution in [-0.2, 0) is 4.74 Å². The molecule has 2 aliphatic rings. The summed E-state index contributed by atoms with van der Waals surface area (Å²) in [4.78, 5) is 4.89. The van der Waals surface area contributed by atoms with Gasteiger partial charge in [0.2, 0.25) is 0 Å². The van der Waals surface area contributed by atoms with Crippen LogP contribution in [0.1, 0.15) is 20.3 Å². The van der Waals surface area contributed by atoms with Crippen LogP contribution in [0.2, 0.25) is 0 Å². The average Bonchev–Trinajstić information content (AvgIpc) is 3.33. The Labute approximate surface area is 157 Å². The van der Waals surface area contributed by atoms with Crippen LogP contribution in [0, 0.1) is 5.92 Å². The van der Waals surface area contributed by atoms with Gasteiger partial charge in [-0.05, 0) is 36.2 Å². The van der Waals surface area contributed by atoms with Gasteiger partial charge in [0, 0.05) is 5.57 Å². The molecule has 132 valence electrons. The minimum absolute atomic E-state index is 0.00701. The Morgan fingerprint density at radius 2 is 1.58 bits per heavy atom. The van der Waals surface area contributed by atoms with E-state index in [1.54, 1.807) is 0 Å². The topological polar surface area (TPSA) is 21.6 Å². The van der Waals surface area contributed by atoms with Gasteiger partial charge in [-0.25, -0.2) is 0 Å². The number of ether oxygens (including phenoxy) is 1. The molecule has 2 aromatic carbocycles. The Morgan fingerprint density at radius 3 is 2.12 bits per heavy atom. The van der Waals surface area contributed by atoms with Crippen LogP contribution < -0.4 is 10.6 Å². The van der Waals surface area contributed by atoms with Gasteiger partial charge in [0.25, 0.3) is 0 Å².